The van der Waals surface area contributed by atoms with Gasteiger partial charge in [-0.2, -0.15) is 0 Å². The van der Waals surface area contributed by atoms with Gasteiger partial charge in [-0.3, -0.25) is 4.90 Å². The molecule has 3 nitrogen and oxygen atoms in total. The molecule has 0 spiro atoms. The third kappa shape index (κ3) is 3.06. The van der Waals surface area contributed by atoms with Crippen molar-refractivity contribution in [3.63, 3.8) is 0 Å². The van der Waals surface area contributed by atoms with Crippen LogP contribution in [0.5, 0.6) is 0 Å². The molecular formula is C14H22N2O. The number of hydrogen-bond acceptors (Lipinski definition) is 3. The number of nitrogens with two attached hydrogens (primary N) is 1. The van der Waals surface area contributed by atoms with E-state index in [1.165, 1.54) is 24.0 Å². The van der Waals surface area contributed by atoms with E-state index < -0.39 is 0 Å². The Morgan fingerprint density at radius 1 is 1.35 bits per heavy atom. The van der Waals surface area contributed by atoms with Gasteiger partial charge < -0.3 is 10.5 Å². The average molecular weight is 234 g/mol. The minimum Gasteiger partial charge on any atom is -0.380 e. The van der Waals surface area contributed by atoms with Gasteiger partial charge >= 0.3 is 0 Å². The molecule has 0 aliphatic heterocycles. The molecule has 0 amide bonds. The summed E-state index contributed by atoms with van der Waals surface area (Å²) in [6.07, 6.45) is 2.63. The Bertz CT molecular complexity index is 346. The standard InChI is InChI=1S/C14H22N2O/c1-16(13-7-8-13)14(9-15)12-5-3-11(4-6-12)10-17-2/h3-6,13-14H,7-10,15H2,1-2H3. The maximum atomic E-state index is 5.90. The van der Waals surface area contributed by atoms with E-state index in [1.54, 1.807) is 7.11 Å². The van der Waals surface area contributed by atoms with Crippen LogP contribution >= 0.6 is 0 Å². The molecule has 1 atom stereocenters. The number of rotatable bonds is 6. The molecule has 0 aromatic heterocycles. The summed E-state index contributed by atoms with van der Waals surface area (Å²) in [4.78, 5) is 2.41. The fraction of sp³-hybridized carbons (Fsp3) is 0.571. The number of hydrogen-bond donors (Lipinski definition) is 1. The monoisotopic (exact) mass is 234 g/mol. The van der Waals surface area contributed by atoms with Gasteiger partial charge in [0.15, 0.2) is 0 Å². The number of benzene rings is 1. The summed E-state index contributed by atoms with van der Waals surface area (Å²) in [5.74, 6) is 0. The highest BCUT2D eigenvalue weighted by Gasteiger charge is 2.30. The second kappa shape index (κ2) is 5.63. The van der Waals surface area contributed by atoms with E-state index in [-0.39, 0.29) is 0 Å². The Morgan fingerprint density at radius 2 is 2.00 bits per heavy atom. The number of likely N-dealkylation sites (N-methyl/N-ethyl adjacent to an activating group) is 1. The van der Waals surface area contributed by atoms with E-state index in [4.69, 9.17) is 10.5 Å². The van der Waals surface area contributed by atoms with Gasteiger partial charge in [-0.15, -0.1) is 0 Å². The third-order valence-electron chi connectivity index (χ3n) is 3.51. The first-order valence-corrected chi connectivity index (χ1v) is 6.26. The molecule has 0 bridgehead atoms. The molecule has 94 valence electrons. The Labute approximate surface area is 104 Å². The summed E-state index contributed by atoms with van der Waals surface area (Å²) in [5, 5.41) is 0. The van der Waals surface area contributed by atoms with E-state index in [0.29, 0.717) is 19.2 Å². The molecule has 1 aliphatic rings. The lowest BCUT2D eigenvalue weighted by Gasteiger charge is -2.27. The first kappa shape index (κ1) is 12.6. The first-order valence-electron chi connectivity index (χ1n) is 6.26. The first-order chi connectivity index (χ1) is 8.26. The number of nitrogens with zero attached hydrogens (tertiary/aromatic N) is 1. The normalized spacial score (nSPS) is 17.4. The Balaban J connectivity index is 2.07. The van der Waals surface area contributed by atoms with Gasteiger partial charge in [0.25, 0.3) is 0 Å². The smallest absolute Gasteiger partial charge is 0.0713 e. The van der Waals surface area contributed by atoms with Crippen molar-refractivity contribution >= 4 is 0 Å². The lowest BCUT2D eigenvalue weighted by atomic mass is 10.0. The summed E-state index contributed by atoms with van der Waals surface area (Å²) >= 11 is 0. The van der Waals surface area contributed by atoms with Crippen molar-refractivity contribution in [3.8, 4) is 0 Å². The van der Waals surface area contributed by atoms with E-state index in [0.717, 1.165) is 6.04 Å². The van der Waals surface area contributed by atoms with Crippen molar-refractivity contribution < 1.29 is 4.74 Å². The van der Waals surface area contributed by atoms with Crippen LogP contribution in [-0.2, 0) is 11.3 Å². The summed E-state index contributed by atoms with van der Waals surface area (Å²) in [7, 11) is 3.90. The Kier molecular flexibility index (Phi) is 4.15. The molecule has 0 heterocycles. The van der Waals surface area contributed by atoms with Gasteiger partial charge in [0.2, 0.25) is 0 Å². The molecule has 1 unspecified atom stereocenters. The minimum absolute atomic E-state index is 0.346. The SMILES string of the molecule is COCc1ccc(C(CN)N(C)C2CC2)cc1. The summed E-state index contributed by atoms with van der Waals surface area (Å²) in [6.45, 7) is 1.35. The molecular weight excluding hydrogens is 212 g/mol. The van der Waals surface area contributed by atoms with Gasteiger partial charge in [-0.25, -0.2) is 0 Å². The van der Waals surface area contributed by atoms with Crippen molar-refractivity contribution in [1.29, 1.82) is 0 Å². The van der Waals surface area contributed by atoms with Crippen LogP contribution in [0.25, 0.3) is 0 Å². The van der Waals surface area contributed by atoms with Crippen LogP contribution in [0.15, 0.2) is 24.3 Å². The highest BCUT2D eigenvalue weighted by Crippen LogP contribution is 2.32. The van der Waals surface area contributed by atoms with Crippen LogP contribution in [0.4, 0.5) is 0 Å². The van der Waals surface area contributed by atoms with Crippen molar-refractivity contribution in [2.45, 2.75) is 31.5 Å². The van der Waals surface area contributed by atoms with E-state index in [2.05, 4.69) is 36.2 Å². The van der Waals surface area contributed by atoms with Crippen molar-refractivity contribution in [1.82, 2.24) is 4.90 Å². The molecule has 0 radical (unpaired) electrons. The molecule has 2 N–H and O–H groups in total. The Hall–Kier alpha value is -0.900. The predicted octanol–water partition coefficient (Wildman–Crippen LogP) is 1.93. The van der Waals surface area contributed by atoms with Crippen LogP contribution < -0.4 is 5.73 Å². The highest BCUT2D eigenvalue weighted by molar-refractivity contribution is 5.25. The second-order valence-corrected chi connectivity index (χ2v) is 4.82. The lowest BCUT2D eigenvalue weighted by molar-refractivity contribution is 0.185. The van der Waals surface area contributed by atoms with Gasteiger partial charge in [0.1, 0.15) is 0 Å². The molecule has 1 aromatic carbocycles. The van der Waals surface area contributed by atoms with Crippen LogP contribution in [0.3, 0.4) is 0 Å². The maximum absolute atomic E-state index is 5.90. The van der Waals surface area contributed by atoms with Crippen LogP contribution in [0, 0.1) is 0 Å². The lowest BCUT2D eigenvalue weighted by Crippen LogP contribution is -2.32. The topological polar surface area (TPSA) is 38.5 Å². The molecule has 1 saturated carbocycles. The molecule has 1 fully saturated rings. The van der Waals surface area contributed by atoms with E-state index >= 15 is 0 Å². The van der Waals surface area contributed by atoms with Gasteiger partial charge in [0, 0.05) is 25.7 Å². The molecule has 2 rings (SSSR count). The summed E-state index contributed by atoms with van der Waals surface area (Å²) in [5.41, 5.74) is 8.42. The zero-order chi connectivity index (χ0) is 12.3. The quantitative estimate of drug-likeness (QED) is 0.817. The minimum atomic E-state index is 0.346. The zero-order valence-corrected chi connectivity index (χ0v) is 10.7. The molecule has 17 heavy (non-hydrogen) atoms. The zero-order valence-electron chi connectivity index (χ0n) is 10.7. The van der Waals surface area contributed by atoms with Crippen LogP contribution in [-0.4, -0.2) is 31.6 Å². The average Bonchev–Trinajstić information content (AvgIpc) is 3.16. The predicted molar refractivity (Wildman–Crippen MR) is 69.7 cm³/mol. The van der Waals surface area contributed by atoms with E-state index in [9.17, 15) is 0 Å². The van der Waals surface area contributed by atoms with E-state index in [1.807, 2.05) is 0 Å². The summed E-state index contributed by atoms with van der Waals surface area (Å²) < 4.78 is 5.12. The van der Waals surface area contributed by atoms with Crippen LogP contribution in [0.2, 0.25) is 0 Å². The maximum Gasteiger partial charge on any atom is 0.0713 e. The van der Waals surface area contributed by atoms with Gasteiger partial charge in [0.05, 0.1) is 6.61 Å². The molecule has 0 saturated heterocycles. The van der Waals surface area contributed by atoms with Gasteiger partial charge in [-0.1, -0.05) is 24.3 Å². The van der Waals surface area contributed by atoms with Crippen molar-refractivity contribution in [3.05, 3.63) is 35.4 Å². The Morgan fingerprint density at radius 3 is 2.47 bits per heavy atom. The van der Waals surface area contributed by atoms with Gasteiger partial charge in [-0.05, 0) is 31.0 Å². The summed E-state index contributed by atoms with van der Waals surface area (Å²) in [6, 6.07) is 9.68. The van der Waals surface area contributed by atoms with Crippen molar-refractivity contribution in [2.75, 3.05) is 20.7 Å². The third-order valence-corrected chi connectivity index (χ3v) is 3.51. The largest absolute Gasteiger partial charge is 0.380 e. The molecule has 1 aromatic rings. The second-order valence-electron chi connectivity index (χ2n) is 4.82. The van der Waals surface area contributed by atoms with Crippen LogP contribution in [0.1, 0.15) is 30.0 Å². The van der Waals surface area contributed by atoms with Crippen molar-refractivity contribution in [2.24, 2.45) is 5.73 Å². The molecule has 3 heteroatoms. The number of ether oxygens (including phenoxy) is 1. The molecule has 1 aliphatic carbocycles. The fourth-order valence-corrected chi connectivity index (χ4v) is 2.28. The number of methoxy groups -OCH3 is 1. The fourth-order valence-electron chi connectivity index (χ4n) is 2.28. The highest BCUT2D eigenvalue weighted by atomic mass is 16.5.